The van der Waals surface area contributed by atoms with Crippen LogP contribution in [-0.2, 0) is 4.79 Å². The van der Waals surface area contributed by atoms with E-state index in [2.05, 4.69) is 4.98 Å². The van der Waals surface area contributed by atoms with Gasteiger partial charge in [-0.1, -0.05) is 19.1 Å². The van der Waals surface area contributed by atoms with E-state index in [0.717, 1.165) is 42.9 Å². The van der Waals surface area contributed by atoms with E-state index >= 15 is 0 Å². The summed E-state index contributed by atoms with van der Waals surface area (Å²) in [4.78, 5) is 18.1. The van der Waals surface area contributed by atoms with E-state index in [-0.39, 0.29) is 5.91 Å². The number of aromatic nitrogens is 1. The third-order valence-electron chi connectivity index (χ3n) is 3.81. The van der Waals surface area contributed by atoms with Gasteiger partial charge in [0.05, 0.1) is 0 Å². The van der Waals surface area contributed by atoms with E-state index in [1.807, 2.05) is 36.1 Å². The number of carbonyl (C=O) groups is 1. The average molecular weight is 258 g/mol. The van der Waals surface area contributed by atoms with Crippen LogP contribution in [0.1, 0.15) is 38.0 Å². The molecule has 2 aromatic rings. The smallest absolute Gasteiger partial charge is 0.222 e. The highest BCUT2D eigenvalue weighted by molar-refractivity contribution is 5.76. The van der Waals surface area contributed by atoms with Crippen molar-refractivity contribution < 1.29 is 9.21 Å². The molecule has 0 radical (unpaired) electrons. The largest absolute Gasteiger partial charge is 0.440 e. The minimum absolute atomic E-state index is 0.246. The monoisotopic (exact) mass is 258 g/mol. The lowest BCUT2D eigenvalue weighted by Crippen LogP contribution is -2.37. The van der Waals surface area contributed by atoms with Gasteiger partial charge in [0.15, 0.2) is 11.5 Å². The van der Waals surface area contributed by atoms with Gasteiger partial charge in [-0.25, -0.2) is 4.98 Å². The Kier molecular flexibility index (Phi) is 3.23. The van der Waals surface area contributed by atoms with Crippen LogP contribution >= 0.6 is 0 Å². The molecule has 100 valence electrons. The Morgan fingerprint density at radius 1 is 1.37 bits per heavy atom. The van der Waals surface area contributed by atoms with Crippen molar-refractivity contribution in [3.63, 3.8) is 0 Å². The third-order valence-corrected chi connectivity index (χ3v) is 3.81. The Bertz CT molecular complexity index is 550. The lowest BCUT2D eigenvalue weighted by Gasteiger charge is -2.30. The molecule has 0 bridgehead atoms. The van der Waals surface area contributed by atoms with Crippen LogP contribution in [0.2, 0.25) is 0 Å². The number of amides is 1. The van der Waals surface area contributed by atoms with Gasteiger partial charge in [0, 0.05) is 25.4 Å². The van der Waals surface area contributed by atoms with E-state index in [0.29, 0.717) is 12.3 Å². The number of fused-ring (bicyclic) bond motifs is 1. The Hall–Kier alpha value is -1.84. The molecule has 2 heterocycles. The van der Waals surface area contributed by atoms with Crippen LogP contribution in [0.15, 0.2) is 28.7 Å². The molecule has 0 aliphatic carbocycles. The normalized spacial score (nSPS) is 17.0. The van der Waals surface area contributed by atoms with Crippen LogP contribution in [-0.4, -0.2) is 28.9 Å². The summed E-state index contributed by atoms with van der Waals surface area (Å²) < 4.78 is 5.81. The van der Waals surface area contributed by atoms with Gasteiger partial charge in [-0.3, -0.25) is 4.79 Å². The first-order valence-corrected chi connectivity index (χ1v) is 6.91. The van der Waals surface area contributed by atoms with Gasteiger partial charge >= 0.3 is 0 Å². The molecule has 1 amide bonds. The molecule has 0 saturated carbocycles. The van der Waals surface area contributed by atoms with E-state index in [9.17, 15) is 4.79 Å². The second-order valence-corrected chi connectivity index (χ2v) is 5.03. The molecule has 0 N–H and O–H groups in total. The highest BCUT2D eigenvalue weighted by Gasteiger charge is 2.26. The van der Waals surface area contributed by atoms with E-state index < -0.39 is 0 Å². The quantitative estimate of drug-likeness (QED) is 0.832. The molecule has 4 nitrogen and oxygen atoms in total. The van der Waals surface area contributed by atoms with Gasteiger partial charge in [-0.2, -0.15) is 0 Å². The molecule has 1 aromatic carbocycles. The number of nitrogens with zero attached hydrogens (tertiary/aromatic N) is 2. The molecule has 3 rings (SSSR count). The van der Waals surface area contributed by atoms with Gasteiger partial charge in [-0.05, 0) is 25.0 Å². The molecule has 0 spiro atoms. The number of likely N-dealkylation sites (tertiary alicyclic amines) is 1. The fourth-order valence-electron chi connectivity index (χ4n) is 2.66. The van der Waals surface area contributed by atoms with Crippen molar-refractivity contribution in [1.29, 1.82) is 0 Å². The molecule has 1 saturated heterocycles. The summed E-state index contributed by atoms with van der Waals surface area (Å²) in [5.74, 6) is 1.41. The highest BCUT2D eigenvalue weighted by Crippen LogP contribution is 2.29. The number of rotatable bonds is 2. The van der Waals surface area contributed by atoms with Gasteiger partial charge in [0.1, 0.15) is 5.52 Å². The zero-order valence-corrected chi connectivity index (χ0v) is 11.1. The molecule has 1 aliphatic heterocycles. The third kappa shape index (κ3) is 2.35. The van der Waals surface area contributed by atoms with Gasteiger partial charge < -0.3 is 9.32 Å². The Morgan fingerprint density at radius 2 is 2.11 bits per heavy atom. The lowest BCUT2D eigenvalue weighted by molar-refractivity contribution is -0.131. The summed E-state index contributed by atoms with van der Waals surface area (Å²) in [7, 11) is 0. The Balaban J connectivity index is 1.72. The molecular weight excluding hydrogens is 240 g/mol. The number of oxazole rings is 1. The van der Waals surface area contributed by atoms with Crippen molar-refractivity contribution in [1.82, 2.24) is 9.88 Å². The Labute approximate surface area is 112 Å². The number of hydrogen-bond donors (Lipinski definition) is 0. The zero-order valence-electron chi connectivity index (χ0n) is 11.1. The van der Waals surface area contributed by atoms with Crippen LogP contribution < -0.4 is 0 Å². The van der Waals surface area contributed by atoms with Crippen molar-refractivity contribution in [2.75, 3.05) is 13.1 Å². The summed E-state index contributed by atoms with van der Waals surface area (Å²) in [5, 5.41) is 0. The van der Waals surface area contributed by atoms with Crippen molar-refractivity contribution in [3.05, 3.63) is 30.2 Å². The van der Waals surface area contributed by atoms with Gasteiger partial charge in [-0.15, -0.1) is 0 Å². The summed E-state index contributed by atoms with van der Waals surface area (Å²) in [6.45, 7) is 3.54. The van der Waals surface area contributed by atoms with Crippen LogP contribution in [0.5, 0.6) is 0 Å². The van der Waals surface area contributed by atoms with E-state index in [4.69, 9.17) is 4.42 Å². The zero-order chi connectivity index (χ0) is 13.2. The Morgan fingerprint density at radius 3 is 2.79 bits per heavy atom. The maximum atomic E-state index is 11.6. The summed E-state index contributed by atoms with van der Waals surface area (Å²) in [5.41, 5.74) is 1.77. The molecule has 1 fully saturated rings. The fourth-order valence-corrected chi connectivity index (χ4v) is 2.66. The molecule has 0 atom stereocenters. The predicted molar refractivity (Wildman–Crippen MR) is 72.9 cm³/mol. The number of piperidine rings is 1. The van der Waals surface area contributed by atoms with Crippen LogP contribution in [0.4, 0.5) is 0 Å². The van der Waals surface area contributed by atoms with Crippen LogP contribution in [0.25, 0.3) is 11.1 Å². The summed E-state index contributed by atoms with van der Waals surface area (Å²) in [6.07, 6.45) is 2.48. The average Bonchev–Trinajstić information content (AvgIpc) is 2.90. The van der Waals surface area contributed by atoms with Gasteiger partial charge in [0.25, 0.3) is 0 Å². The highest BCUT2D eigenvalue weighted by atomic mass is 16.3. The lowest BCUT2D eigenvalue weighted by atomic mass is 9.96. The second-order valence-electron chi connectivity index (χ2n) is 5.03. The number of para-hydroxylation sites is 2. The van der Waals surface area contributed by atoms with E-state index in [1.165, 1.54) is 0 Å². The predicted octanol–water partition coefficient (Wildman–Crippen LogP) is 2.94. The SMILES string of the molecule is CCC(=O)N1CCC(c2nc3ccccc3o2)CC1. The van der Waals surface area contributed by atoms with Gasteiger partial charge in [0.2, 0.25) is 5.91 Å². The maximum Gasteiger partial charge on any atom is 0.222 e. The number of benzene rings is 1. The summed E-state index contributed by atoms with van der Waals surface area (Å²) >= 11 is 0. The minimum atomic E-state index is 0.246. The molecule has 4 heteroatoms. The minimum Gasteiger partial charge on any atom is -0.440 e. The fraction of sp³-hybridized carbons (Fsp3) is 0.467. The standard InChI is InChI=1S/C15H18N2O2/c1-2-14(18)17-9-7-11(8-10-17)15-16-12-5-3-4-6-13(12)19-15/h3-6,11H,2,7-10H2,1H3. The van der Waals surface area contributed by atoms with Crippen molar-refractivity contribution in [2.45, 2.75) is 32.1 Å². The molecular formula is C15H18N2O2. The number of carbonyl (C=O) groups excluding carboxylic acids is 1. The van der Waals surface area contributed by atoms with Crippen molar-refractivity contribution >= 4 is 17.0 Å². The van der Waals surface area contributed by atoms with E-state index in [1.54, 1.807) is 0 Å². The first-order valence-electron chi connectivity index (χ1n) is 6.91. The molecule has 19 heavy (non-hydrogen) atoms. The summed E-state index contributed by atoms with van der Waals surface area (Å²) in [6, 6.07) is 7.84. The molecule has 1 aliphatic rings. The topological polar surface area (TPSA) is 46.3 Å². The second kappa shape index (κ2) is 5.03. The first kappa shape index (κ1) is 12.2. The molecule has 0 unspecified atom stereocenters. The number of hydrogen-bond acceptors (Lipinski definition) is 3. The van der Waals surface area contributed by atoms with Crippen molar-refractivity contribution in [2.24, 2.45) is 0 Å². The molecule has 1 aromatic heterocycles. The van der Waals surface area contributed by atoms with Crippen molar-refractivity contribution in [3.8, 4) is 0 Å². The van der Waals surface area contributed by atoms with Crippen LogP contribution in [0.3, 0.4) is 0 Å². The maximum absolute atomic E-state index is 11.6. The van der Waals surface area contributed by atoms with Crippen LogP contribution in [0, 0.1) is 0 Å². The first-order chi connectivity index (χ1) is 9.28.